The second-order valence-electron chi connectivity index (χ2n) is 9.52. The molecular formula is C31H28ClNO5. The van der Waals surface area contributed by atoms with E-state index in [1.54, 1.807) is 37.4 Å². The molecule has 3 aromatic carbocycles. The van der Waals surface area contributed by atoms with E-state index in [9.17, 15) is 14.7 Å². The van der Waals surface area contributed by atoms with Crippen LogP contribution in [0.4, 0.5) is 0 Å². The number of esters is 1. The maximum atomic E-state index is 13.8. The lowest BCUT2D eigenvalue weighted by molar-refractivity contribution is -0.140. The first kappa shape index (κ1) is 25.6. The number of hydrogen-bond donors (Lipinski definition) is 2. The van der Waals surface area contributed by atoms with E-state index >= 15 is 0 Å². The molecule has 0 radical (unpaired) electrons. The minimum atomic E-state index is -0.678. The summed E-state index contributed by atoms with van der Waals surface area (Å²) < 4.78 is 11.3. The van der Waals surface area contributed by atoms with Gasteiger partial charge in [-0.3, -0.25) is 4.79 Å². The van der Waals surface area contributed by atoms with Gasteiger partial charge in [0, 0.05) is 45.8 Å². The Kier molecular flexibility index (Phi) is 7.25. The fraction of sp³-hybridized carbons (Fsp3) is 0.226. The summed E-state index contributed by atoms with van der Waals surface area (Å²) in [5, 5.41) is 14.1. The molecule has 0 saturated heterocycles. The predicted molar refractivity (Wildman–Crippen MR) is 145 cm³/mol. The van der Waals surface area contributed by atoms with Gasteiger partial charge in [0.1, 0.15) is 18.1 Å². The van der Waals surface area contributed by atoms with Gasteiger partial charge in [-0.05, 0) is 48.7 Å². The summed E-state index contributed by atoms with van der Waals surface area (Å²) in [6.45, 7) is 1.81. The van der Waals surface area contributed by atoms with Crippen LogP contribution >= 0.6 is 11.6 Å². The minimum Gasteiger partial charge on any atom is -0.508 e. The zero-order valence-electron chi connectivity index (χ0n) is 21.2. The zero-order chi connectivity index (χ0) is 26.8. The average Bonchev–Trinajstić information content (AvgIpc) is 2.91. The molecule has 2 aliphatic rings. The van der Waals surface area contributed by atoms with Crippen LogP contribution in [0.25, 0.3) is 0 Å². The number of nitrogens with one attached hydrogen (secondary N) is 1. The van der Waals surface area contributed by atoms with Gasteiger partial charge in [0.15, 0.2) is 5.78 Å². The molecule has 7 heteroatoms. The van der Waals surface area contributed by atoms with E-state index in [-0.39, 0.29) is 30.5 Å². The highest BCUT2D eigenvalue weighted by atomic mass is 35.5. The molecule has 0 bridgehead atoms. The van der Waals surface area contributed by atoms with Crippen molar-refractivity contribution in [3.05, 3.63) is 117 Å². The van der Waals surface area contributed by atoms with Crippen LogP contribution in [0.3, 0.4) is 0 Å². The first-order valence-electron chi connectivity index (χ1n) is 12.4. The molecule has 3 aromatic rings. The van der Waals surface area contributed by atoms with Crippen molar-refractivity contribution in [3.63, 3.8) is 0 Å². The van der Waals surface area contributed by atoms with E-state index < -0.39 is 11.9 Å². The van der Waals surface area contributed by atoms with E-state index in [0.29, 0.717) is 39.4 Å². The summed E-state index contributed by atoms with van der Waals surface area (Å²) in [4.78, 5) is 27.3. The summed E-state index contributed by atoms with van der Waals surface area (Å²) in [5.74, 6) is -0.564. The molecule has 38 heavy (non-hydrogen) atoms. The molecule has 1 aliphatic carbocycles. The summed E-state index contributed by atoms with van der Waals surface area (Å²) in [7, 11) is 1.62. The van der Waals surface area contributed by atoms with Crippen LogP contribution in [0, 0.1) is 0 Å². The molecule has 2 N–H and O–H groups in total. The molecule has 5 rings (SSSR count). The van der Waals surface area contributed by atoms with Gasteiger partial charge in [-0.25, -0.2) is 4.79 Å². The minimum absolute atomic E-state index is 0.00221. The second-order valence-corrected chi connectivity index (χ2v) is 9.93. The van der Waals surface area contributed by atoms with Gasteiger partial charge in [-0.15, -0.1) is 0 Å². The Balaban J connectivity index is 1.52. The normalized spacial score (nSPS) is 19.1. The molecule has 6 nitrogen and oxygen atoms in total. The van der Waals surface area contributed by atoms with E-state index in [4.69, 9.17) is 21.1 Å². The number of rotatable bonds is 6. The number of benzene rings is 3. The molecule has 0 fully saturated rings. The Bertz CT molecular complexity index is 1470. The molecule has 0 amide bonds. The third-order valence-corrected chi connectivity index (χ3v) is 7.52. The molecule has 0 saturated carbocycles. The molecule has 2 atom stereocenters. The number of aromatic hydroxyl groups is 1. The quantitative estimate of drug-likeness (QED) is 0.372. The van der Waals surface area contributed by atoms with Gasteiger partial charge in [-0.1, -0.05) is 60.1 Å². The summed E-state index contributed by atoms with van der Waals surface area (Å²) in [6, 6.07) is 21.6. The highest BCUT2D eigenvalue weighted by molar-refractivity contribution is 6.31. The van der Waals surface area contributed by atoms with Crippen molar-refractivity contribution in [2.45, 2.75) is 38.2 Å². The monoisotopic (exact) mass is 529 g/mol. The van der Waals surface area contributed by atoms with Crippen molar-refractivity contribution in [1.29, 1.82) is 0 Å². The first-order chi connectivity index (χ1) is 18.4. The summed E-state index contributed by atoms with van der Waals surface area (Å²) in [6.07, 6.45) is 0.854. The number of methoxy groups -OCH3 is 1. The Morgan fingerprint density at radius 3 is 2.58 bits per heavy atom. The predicted octanol–water partition coefficient (Wildman–Crippen LogP) is 6.16. The fourth-order valence-corrected chi connectivity index (χ4v) is 5.60. The summed E-state index contributed by atoms with van der Waals surface area (Å²) in [5.41, 5.74) is 4.54. The van der Waals surface area contributed by atoms with Crippen LogP contribution in [0.5, 0.6) is 11.5 Å². The highest BCUT2D eigenvalue weighted by Crippen LogP contribution is 2.47. The number of dihydropyridines is 1. The van der Waals surface area contributed by atoms with Crippen LogP contribution in [0.2, 0.25) is 5.02 Å². The topological polar surface area (TPSA) is 84.9 Å². The number of Topliss-reactive ketones (excluding diaryl/α,β-unsaturated/α-hetero) is 1. The van der Waals surface area contributed by atoms with Crippen LogP contribution in [0.15, 0.2) is 95.3 Å². The number of carbonyl (C=O) groups excluding carboxylic acids is 2. The molecule has 194 valence electrons. The largest absolute Gasteiger partial charge is 0.508 e. The third-order valence-electron chi connectivity index (χ3n) is 7.15. The number of carbonyl (C=O) groups is 2. The number of phenolic OH excluding ortho intramolecular Hbond substituents is 1. The lowest BCUT2D eigenvalue weighted by Gasteiger charge is -2.37. The van der Waals surface area contributed by atoms with Gasteiger partial charge in [-0.2, -0.15) is 0 Å². The van der Waals surface area contributed by atoms with Gasteiger partial charge in [0.05, 0.1) is 12.7 Å². The van der Waals surface area contributed by atoms with Crippen LogP contribution < -0.4 is 10.1 Å². The fourth-order valence-electron chi connectivity index (χ4n) is 5.41. The molecule has 2 unspecified atom stereocenters. The molecule has 0 spiro atoms. The maximum absolute atomic E-state index is 13.8. The van der Waals surface area contributed by atoms with Crippen molar-refractivity contribution in [2.75, 3.05) is 7.11 Å². The Morgan fingerprint density at radius 1 is 1.05 bits per heavy atom. The standard InChI is InChI=1S/C31H28ClNO5/c1-18-28(31(36)38-17-20-8-3-5-12-24(20)32)29(19-9-7-10-22(34)14-19)30-25(33-18)15-21(16-26(30)35)23-11-4-6-13-27(23)37-2/h3-14,21,29,33-34H,15-17H2,1-2H3. The SMILES string of the molecule is COc1ccccc1C1CC(=O)C2=C(C1)NC(C)=C(C(=O)OCc1ccccc1Cl)C2c1cccc(O)c1. The first-order valence-corrected chi connectivity index (χ1v) is 12.8. The molecule has 1 heterocycles. The number of allylic oxidation sites excluding steroid dienone is 3. The van der Waals surface area contributed by atoms with Gasteiger partial charge < -0.3 is 19.9 Å². The number of ketones is 1. The molecular weight excluding hydrogens is 502 g/mol. The second kappa shape index (κ2) is 10.8. The smallest absolute Gasteiger partial charge is 0.337 e. The Morgan fingerprint density at radius 2 is 1.82 bits per heavy atom. The van der Waals surface area contributed by atoms with Gasteiger partial charge >= 0.3 is 5.97 Å². The van der Waals surface area contributed by atoms with E-state index in [2.05, 4.69) is 5.32 Å². The lowest BCUT2D eigenvalue weighted by Crippen LogP contribution is -2.36. The Labute approximate surface area is 226 Å². The van der Waals surface area contributed by atoms with Gasteiger partial charge in [0.2, 0.25) is 0 Å². The zero-order valence-corrected chi connectivity index (χ0v) is 21.9. The lowest BCUT2D eigenvalue weighted by atomic mass is 9.71. The van der Waals surface area contributed by atoms with Crippen LogP contribution in [-0.2, 0) is 20.9 Å². The van der Waals surface area contributed by atoms with Crippen LogP contribution in [0.1, 0.15) is 48.3 Å². The third kappa shape index (κ3) is 4.92. The average molecular weight is 530 g/mol. The van der Waals surface area contributed by atoms with Gasteiger partial charge in [0.25, 0.3) is 0 Å². The maximum Gasteiger partial charge on any atom is 0.337 e. The van der Waals surface area contributed by atoms with Crippen molar-refractivity contribution in [2.24, 2.45) is 0 Å². The number of phenols is 1. The molecule has 0 aromatic heterocycles. The highest BCUT2D eigenvalue weighted by Gasteiger charge is 2.42. The van der Waals surface area contributed by atoms with Crippen LogP contribution in [-0.4, -0.2) is 24.0 Å². The van der Waals surface area contributed by atoms with Crippen molar-refractivity contribution >= 4 is 23.4 Å². The number of halogens is 1. The molecule has 1 aliphatic heterocycles. The summed E-state index contributed by atoms with van der Waals surface area (Å²) >= 11 is 6.26. The van der Waals surface area contributed by atoms with E-state index in [1.807, 2.05) is 49.4 Å². The number of para-hydroxylation sites is 1. The number of ether oxygens (including phenoxy) is 2. The van der Waals surface area contributed by atoms with E-state index in [1.165, 1.54) is 0 Å². The number of hydrogen-bond acceptors (Lipinski definition) is 6. The van der Waals surface area contributed by atoms with Crippen molar-refractivity contribution in [1.82, 2.24) is 5.32 Å². The Hall–Kier alpha value is -4.03. The van der Waals surface area contributed by atoms with Crippen molar-refractivity contribution < 1.29 is 24.2 Å². The van der Waals surface area contributed by atoms with Crippen molar-refractivity contribution in [3.8, 4) is 11.5 Å². The van der Waals surface area contributed by atoms with E-state index in [0.717, 1.165) is 17.0 Å².